The highest BCUT2D eigenvalue weighted by Gasteiger charge is 2.40. The smallest absolute Gasteiger partial charge is 0.254 e. The Morgan fingerprint density at radius 1 is 1.31 bits per heavy atom. The van der Waals surface area contributed by atoms with Crippen LogP contribution >= 0.6 is 24.8 Å². The second-order valence-corrected chi connectivity index (χ2v) is 6.60. The molecular weight excluding hydrogens is 377 g/mol. The average molecular weight is 404 g/mol. The highest BCUT2D eigenvalue weighted by atomic mass is 35.5. The van der Waals surface area contributed by atoms with E-state index in [1.54, 1.807) is 18.3 Å². The first-order valence-corrected chi connectivity index (χ1v) is 8.60. The van der Waals surface area contributed by atoms with Crippen LogP contribution in [0.3, 0.4) is 0 Å². The van der Waals surface area contributed by atoms with Crippen molar-refractivity contribution in [2.24, 2.45) is 11.7 Å². The molecule has 1 aromatic heterocycles. The van der Waals surface area contributed by atoms with Crippen LogP contribution in [0, 0.1) is 5.92 Å². The Kier molecular flexibility index (Phi) is 8.59. The lowest BCUT2D eigenvalue weighted by molar-refractivity contribution is -0.140. The average Bonchev–Trinajstić information content (AvgIpc) is 2.60. The van der Waals surface area contributed by atoms with Gasteiger partial charge in [-0.2, -0.15) is 0 Å². The van der Waals surface area contributed by atoms with Gasteiger partial charge in [0.2, 0.25) is 5.91 Å². The Morgan fingerprint density at radius 3 is 2.77 bits per heavy atom. The normalized spacial score (nSPS) is 22.1. The van der Waals surface area contributed by atoms with Gasteiger partial charge < -0.3 is 21.3 Å². The van der Waals surface area contributed by atoms with E-state index in [9.17, 15) is 9.59 Å². The lowest BCUT2D eigenvalue weighted by atomic mass is 9.83. The van der Waals surface area contributed by atoms with Crippen LogP contribution in [0.4, 0.5) is 5.82 Å². The number of aromatic nitrogens is 1. The van der Waals surface area contributed by atoms with Gasteiger partial charge in [-0.15, -0.1) is 24.8 Å². The molecule has 146 valence electrons. The molecule has 2 saturated heterocycles. The third kappa shape index (κ3) is 4.78. The molecule has 3 rings (SSSR count). The third-order valence-electron chi connectivity index (χ3n) is 5.06. The minimum absolute atomic E-state index is 0. The molecule has 0 unspecified atom stereocenters. The maximum absolute atomic E-state index is 12.7. The first kappa shape index (κ1) is 22.5. The number of nitrogens with zero attached hydrogens (tertiary/aromatic N) is 3. The Morgan fingerprint density at radius 2 is 2.08 bits per heavy atom. The molecule has 4 N–H and O–H groups in total. The summed E-state index contributed by atoms with van der Waals surface area (Å²) in [7, 11) is 0. The molecule has 26 heavy (non-hydrogen) atoms. The molecule has 1 aromatic rings. The quantitative estimate of drug-likeness (QED) is 0.787. The van der Waals surface area contributed by atoms with E-state index in [0.29, 0.717) is 43.4 Å². The number of hydrogen-bond donors (Lipinski definition) is 2. The van der Waals surface area contributed by atoms with Crippen molar-refractivity contribution >= 4 is 42.4 Å². The summed E-state index contributed by atoms with van der Waals surface area (Å²) in [6.45, 7) is 2.67. The molecule has 7 nitrogen and oxygen atoms in total. The number of nitrogen functional groups attached to an aromatic ring is 1. The minimum Gasteiger partial charge on any atom is -0.384 e. The minimum atomic E-state index is -0.00652. The fourth-order valence-electron chi connectivity index (χ4n) is 3.85. The van der Waals surface area contributed by atoms with Gasteiger partial charge in [-0.3, -0.25) is 9.59 Å². The number of fused-ring (bicyclic) bond motifs is 1. The molecule has 0 aromatic carbocycles. The van der Waals surface area contributed by atoms with Crippen molar-refractivity contribution in [2.75, 3.05) is 31.9 Å². The Balaban J connectivity index is 0.00000169. The van der Waals surface area contributed by atoms with E-state index >= 15 is 0 Å². The zero-order chi connectivity index (χ0) is 17.1. The van der Waals surface area contributed by atoms with Crippen LogP contribution in [0.5, 0.6) is 0 Å². The first-order valence-electron chi connectivity index (χ1n) is 8.60. The maximum Gasteiger partial charge on any atom is 0.254 e. The second-order valence-electron chi connectivity index (χ2n) is 6.60. The fraction of sp³-hybridized carbons (Fsp3) is 0.588. The molecule has 2 aliphatic heterocycles. The lowest BCUT2D eigenvalue weighted by Gasteiger charge is -2.47. The van der Waals surface area contributed by atoms with E-state index in [0.717, 1.165) is 25.8 Å². The number of hydrogen-bond acceptors (Lipinski definition) is 5. The lowest BCUT2D eigenvalue weighted by Crippen LogP contribution is -2.57. The monoisotopic (exact) mass is 403 g/mol. The molecule has 0 saturated carbocycles. The van der Waals surface area contributed by atoms with Crippen LogP contribution in [0.2, 0.25) is 0 Å². The summed E-state index contributed by atoms with van der Waals surface area (Å²) in [6.07, 6.45) is 4.63. The summed E-state index contributed by atoms with van der Waals surface area (Å²) in [5, 5.41) is 0. The summed E-state index contributed by atoms with van der Waals surface area (Å²) in [5.41, 5.74) is 11.8. The van der Waals surface area contributed by atoms with Crippen molar-refractivity contribution < 1.29 is 9.59 Å². The summed E-state index contributed by atoms with van der Waals surface area (Å²) in [5.74, 6) is 0.920. The van der Waals surface area contributed by atoms with Gasteiger partial charge in [0.25, 0.3) is 5.91 Å². The molecule has 0 bridgehead atoms. The van der Waals surface area contributed by atoms with Crippen molar-refractivity contribution in [3.8, 4) is 0 Å². The zero-order valence-electron chi connectivity index (χ0n) is 14.7. The number of carbonyl (C=O) groups excluding carboxylic acids is 2. The van der Waals surface area contributed by atoms with E-state index in [1.807, 2.05) is 9.80 Å². The van der Waals surface area contributed by atoms with Gasteiger partial charge >= 0.3 is 0 Å². The van der Waals surface area contributed by atoms with Gasteiger partial charge in [-0.25, -0.2) is 4.98 Å². The van der Waals surface area contributed by atoms with Gasteiger partial charge in [0.1, 0.15) is 5.82 Å². The Labute approximate surface area is 166 Å². The van der Waals surface area contributed by atoms with Crippen molar-refractivity contribution in [3.05, 3.63) is 23.9 Å². The highest BCUT2D eigenvalue weighted by molar-refractivity contribution is 5.94. The predicted molar refractivity (Wildman–Crippen MR) is 106 cm³/mol. The molecule has 2 atom stereocenters. The largest absolute Gasteiger partial charge is 0.384 e. The predicted octanol–water partition coefficient (Wildman–Crippen LogP) is 1.31. The summed E-state index contributed by atoms with van der Waals surface area (Å²) in [4.78, 5) is 32.7. The van der Waals surface area contributed by atoms with Crippen LogP contribution < -0.4 is 11.5 Å². The van der Waals surface area contributed by atoms with Crippen molar-refractivity contribution in [1.82, 2.24) is 14.8 Å². The molecule has 3 heterocycles. The number of amides is 2. The van der Waals surface area contributed by atoms with Crippen LogP contribution in [-0.2, 0) is 4.79 Å². The fourth-order valence-corrected chi connectivity index (χ4v) is 3.85. The van der Waals surface area contributed by atoms with Crippen molar-refractivity contribution in [3.63, 3.8) is 0 Å². The van der Waals surface area contributed by atoms with E-state index in [-0.39, 0.29) is 42.7 Å². The van der Waals surface area contributed by atoms with Gasteiger partial charge in [0.15, 0.2) is 0 Å². The number of anilines is 1. The second kappa shape index (κ2) is 9.94. The molecule has 9 heteroatoms. The van der Waals surface area contributed by atoms with Crippen molar-refractivity contribution in [1.29, 1.82) is 0 Å². The maximum atomic E-state index is 12.7. The Bertz CT molecular complexity index is 631. The molecule has 0 radical (unpaired) electrons. The number of rotatable bonds is 4. The molecule has 2 fully saturated rings. The van der Waals surface area contributed by atoms with Crippen LogP contribution in [0.25, 0.3) is 0 Å². The molecule has 0 aliphatic carbocycles. The summed E-state index contributed by atoms with van der Waals surface area (Å²) in [6, 6.07) is 3.55. The van der Waals surface area contributed by atoms with Gasteiger partial charge in [0, 0.05) is 43.9 Å². The summed E-state index contributed by atoms with van der Waals surface area (Å²) < 4.78 is 0. The molecule has 0 spiro atoms. The van der Waals surface area contributed by atoms with E-state index in [2.05, 4.69) is 4.98 Å². The summed E-state index contributed by atoms with van der Waals surface area (Å²) >= 11 is 0. The number of halogens is 2. The van der Waals surface area contributed by atoms with Crippen LogP contribution in [0.15, 0.2) is 18.3 Å². The zero-order valence-corrected chi connectivity index (χ0v) is 16.3. The van der Waals surface area contributed by atoms with E-state index in [4.69, 9.17) is 11.5 Å². The van der Waals surface area contributed by atoms with Crippen LogP contribution in [0.1, 0.15) is 36.0 Å². The van der Waals surface area contributed by atoms with Crippen LogP contribution in [-0.4, -0.2) is 58.8 Å². The highest BCUT2D eigenvalue weighted by Crippen LogP contribution is 2.32. The Hall–Kier alpha value is -1.57. The van der Waals surface area contributed by atoms with Gasteiger partial charge in [0.05, 0.1) is 0 Å². The number of piperidine rings is 2. The SMILES string of the molecule is Cl.Cl.NCCCN1C(=O)CC[C@H]2CN(C(=O)c3ccnc(N)c3)CC[C@H]21. The molecule has 2 aliphatic rings. The van der Waals surface area contributed by atoms with Crippen molar-refractivity contribution in [2.45, 2.75) is 31.7 Å². The number of pyridine rings is 1. The number of nitrogens with two attached hydrogens (primary N) is 2. The van der Waals surface area contributed by atoms with E-state index < -0.39 is 0 Å². The van der Waals surface area contributed by atoms with Gasteiger partial charge in [-0.05, 0) is 43.9 Å². The first-order chi connectivity index (χ1) is 11.6. The number of likely N-dealkylation sites (tertiary alicyclic amines) is 2. The van der Waals surface area contributed by atoms with Gasteiger partial charge in [-0.1, -0.05) is 0 Å². The topological polar surface area (TPSA) is 106 Å². The molecular formula is C17H27Cl2N5O2. The third-order valence-corrected chi connectivity index (χ3v) is 5.06. The van der Waals surface area contributed by atoms with E-state index in [1.165, 1.54) is 0 Å². The molecule has 2 amide bonds. The standard InChI is InChI=1S/C17H25N5O2.2ClH/c18-6-1-8-22-14-5-9-21(11-13(14)2-3-16(22)23)17(24)12-4-7-20-15(19)10-12;;/h4,7,10,13-14H,1-3,5-6,8-9,11,18H2,(H2,19,20);2*1H/t13-,14+;;/m0../s1. The number of carbonyl (C=O) groups is 2.